The number of halogens is 2. The first-order valence-corrected chi connectivity index (χ1v) is 14.9. The number of nitrogens with two attached hydrogens (primary N) is 1. The molecule has 3 aromatic rings. The number of thiazole rings is 2. The number of hydrogen-bond donors (Lipinski definition) is 4. The third-order valence-corrected chi connectivity index (χ3v) is 9.61. The van der Waals surface area contributed by atoms with Crippen molar-refractivity contribution in [3.8, 4) is 0 Å². The number of likely N-dealkylation sites (N-methyl/N-ethyl adjacent to an activating group) is 1. The second-order valence-corrected chi connectivity index (χ2v) is 13.0. The van der Waals surface area contributed by atoms with Crippen LogP contribution < -0.4 is 16.4 Å². The second kappa shape index (κ2) is 15.0. The summed E-state index contributed by atoms with van der Waals surface area (Å²) in [5.74, 6) is -1.12. The van der Waals surface area contributed by atoms with E-state index in [9.17, 15) is 18.3 Å². The maximum absolute atomic E-state index is 12.5. The van der Waals surface area contributed by atoms with Crippen LogP contribution in [0.25, 0.3) is 5.76 Å². The Kier molecular flexibility index (Phi) is 13.3. The average molecular weight is 654 g/mol. The molecule has 2 aromatic heterocycles. The number of fused-ring (bicyclic) bond motifs is 2. The van der Waals surface area contributed by atoms with Crippen LogP contribution in [-0.4, -0.2) is 58.8 Å². The SMILES string of the molecule is CCCN[C@H]1CCc2nc(N)sc2C1.Cc1cnc(NC(=O)C2=C(O)c3ccccc3S(=O)(=O)N2C)s1.Cl.Cl.O. The summed E-state index contributed by atoms with van der Waals surface area (Å²) in [4.78, 5) is 23.0. The van der Waals surface area contributed by atoms with Gasteiger partial charge in [-0.05, 0) is 51.3 Å². The Morgan fingerprint density at radius 1 is 1.25 bits per heavy atom. The van der Waals surface area contributed by atoms with E-state index in [0.29, 0.717) is 11.2 Å². The van der Waals surface area contributed by atoms with Gasteiger partial charge in [0.15, 0.2) is 21.7 Å². The number of benzene rings is 1. The molecule has 5 rings (SSSR count). The minimum atomic E-state index is -3.90. The van der Waals surface area contributed by atoms with E-state index in [0.717, 1.165) is 33.7 Å². The van der Waals surface area contributed by atoms with Crippen LogP contribution in [0.4, 0.5) is 10.3 Å². The summed E-state index contributed by atoms with van der Waals surface area (Å²) in [5, 5.41) is 17.5. The molecule has 11 nitrogen and oxygen atoms in total. The minimum Gasteiger partial charge on any atom is -0.505 e. The zero-order chi connectivity index (χ0) is 26.7. The fourth-order valence-electron chi connectivity index (χ4n) is 4.17. The molecule has 40 heavy (non-hydrogen) atoms. The van der Waals surface area contributed by atoms with Gasteiger partial charge in [-0.25, -0.2) is 18.4 Å². The summed E-state index contributed by atoms with van der Waals surface area (Å²) in [6, 6.07) is 6.63. The third kappa shape index (κ3) is 7.63. The van der Waals surface area contributed by atoms with Crippen molar-refractivity contribution in [2.24, 2.45) is 0 Å². The molecule has 222 valence electrons. The number of nitrogens with one attached hydrogen (secondary N) is 2. The van der Waals surface area contributed by atoms with Gasteiger partial charge < -0.3 is 21.6 Å². The van der Waals surface area contributed by atoms with Gasteiger partial charge in [-0.15, -0.1) is 47.5 Å². The molecule has 1 amide bonds. The Morgan fingerprint density at radius 2 is 1.95 bits per heavy atom. The Hall–Kier alpha value is -2.46. The van der Waals surface area contributed by atoms with Crippen molar-refractivity contribution in [2.45, 2.75) is 50.5 Å². The molecule has 0 saturated heterocycles. The summed E-state index contributed by atoms with van der Waals surface area (Å²) in [5.41, 5.74) is 6.70. The Labute approximate surface area is 254 Å². The highest BCUT2D eigenvalue weighted by Gasteiger charge is 2.37. The number of anilines is 2. The number of nitrogens with zero attached hydrogens (tertiary/aromatic N) is 3. The molecule has 0 radical (unpaired) electrons. The van der Waals surface area contributed by atoms with E-state index in [-0.39, 0.29) is 52.2 Å². The van der Waals surface area contributed by atoms with E-state index >= 15 is 0 Å². The van der Waals surface area contributed by atoms with Crippen molar-refractivity contribution in [1.29, 1.82) is 0 Å². The maximum atomic E-state index is 12.5. The second-order valence-electron chi connectivity index (χ2n) is 8.71. The number of sulfonamides is 1. The van der Waals surface area contributed by atoms with Crippen LogP contribution in [0.2, 0.25) is 0 Å². The van der Waals surface area contributed by atoms with Crippen LogP contribution in [0.3, 0.4) is 0 Å². The van der Waals surface area contributed by atoms with Crippen LogP contribution in [0.5, 0.6) is 0 Å². The topological polar surface area (TPSA) is 182 Å². The van der Waals surface area contributed by atoms with Crippen LogP contribution in [-0.2, 0) is 27.7 Å². The van der Waals surface area contributed by atoms with Gasteiger partial charge in [0.25, 0.3) is 15.9 Å². The van der Waals surface area contributed by atoms with Crippen LogP contribution in [0, 0.1) is 6.92 Å². The Morgan fingerprint density at radius 3 is 2.60 bits per heavy atom. The Bertz CT molecular complexity index is 1440. The molecular formula is C24H34Cl2N6O5S3. The molecule has 16 heteroatoms. The first-order valence-electron chi connectivity index (χ1n) is 11.8. The zero-order valence-electron chi connectivity index (χ0n) is 22.1. The molecule has 1 aromatic carbocycles. The molecule has 0 bridgehead atoms. The molecule has 7 N–H and O–H groups in total. The molecule has 0 unspecified atom stereocenters. The smallest absolute Gasteiger partial charge is 0.278 e. The Balaban J connectivity index is 0.000000410. The summed E-state index contributed by atoms with van der Waals surface area (Å²) < 4.78 is 25.8. The molecule has 1 atom stereocenters. The summed E-state index contributed by atoms with van der Waals surface area (Å²) in [7, 11) is -2.67. The van der Waals surface area contributed by atoms with Crippen LogP contribution in [0.1, 0.15) is 40.8 Å². The highest BCUT2D eigenvalue weighted by molar-refractivity contribution is 7.89. The van der Waals surface area contributed by atoms with Crippen molar-refractivity contribution < 1.29 is 23.8 Å². The first kappa shape index (κ1) is 35.6. The van der Waals surface area contributed by atoms with E-state index < -0.39 is 15.9 Å². The average Bonchev–Trinajstić information content (AvgIpc) is 3.45. The lowest BCUT2D eigenvalue weighted by atomic mass is 9.98. The van der Waals surface area contributed by atoms with Crippen molar-refractivity contribution in [1.82, 2.24) is 19.6 Å². The van der Waals surface area contributed by atoms with E-state index in [2.05, 4.69) is 27.5 Å². The molecule has 3 heterocycles. The first-order chi connectivity index (χ1) is 17.6. The largest absolute Gasteiger partial charge is 0.505 e. The van der Waals surface area contributed by atoms with Gasteiger partial charge in [0.1, 0.15) is 0 Å². The molecule has 1 aliphatic carbocycles. The summed E-state index contributed by atoms with van der Waals surface area (Å²) >= 11 is 2.91. The number of hydrogen-bond acceptors (Lipinski definition) is 10. The quantitative estimate of drug-likeness (QED) is 0.322. The predicted octanol–water partition coefficient (Wildman–Crippen LogP) is 3.55. The van der Waals surface area contributed by atoms with E-state index in [1.54, 1.807) is 29.7 Å². The molecule has 0 spiro atoms. The molecule has 1 aliphatic heterocycles. The monoisotopic (exact) mass is 652 g/mol. The standard InChI is InChI=1S/C14H13N3O4S2.C10H17N3S.2ClH.H2O/c1-8-7-15-14(22-8)16-13(19)11-12(18)9-5-3-4-6-10(9)23(20,21)17(11)2;1-2-5-12-7-3-4-8-9(6-7)14-10(11)13-8;;;/h3-7,18H,1-2H3,(H,15,16,19);7,12H,2-6H2,1H3,(H2,11,13);2*1H;1H2/t;7-;;;/m.0.../s1. The van der Waals surface area contributed by atoms with Crippen molar-refractivity contribution in [3.05, 3.63) is 57.2 Å². The van der Waals surface area contributed by atoms with Crippen molar-refractivity contribution >= 4 is 79.4 Å². The fourth-order valence-corrected chi connectivity index (χ4v) is 7.18. The van der Waals surface area contributed by atoms with E-state index in [1.165, 1.54) is 53.9 Å². The lowest BCUT2D eigenvalue weighted by molar-refractivity contribution is -0.113. The lowest BCUT2D eigenvalue weighted by Crippen LogP contribution is -2.37. The number of rotatable bonds is 5. The minimum absolute atomic E-state index is 0. The number of aliphatic hydroxyl groups excluding tert-OH is 1. The molecule has 0 fully saturated rings. The van der Waals surface area contributed by atoms with Crippen LogP contribution >= 0.6 is 47.5 Å². The molecular weight excluding hydrogens is 619 g/mol. The number of aromatic nitrogens is 2. The van der Waals surface area contributed by atoms with Gasteiger partial charge in [-0.1, -0.05) is 19.1 Å². The van der Waals surface area contributed by atoms with Crippen molar-refractivity contribution in [2.75, 3.05) is 24.6 Å². The number of aryl methyl sites for hydroxylation is 2. The van der Waals surface area contributed by atoms with Crippen molar-refractivity contribution in [3.63, 3.8) is 0 Å². The number of carbonyl (C=O) groups is 1. The fraction of sp³-hybridized carbons (Fsp3) is 0.375. The van der Waals surface area contributed by atoms with Gasteiger partial charge in [-0.2, -0.15) is 0 Å². The summed E-state index contributed by atoms with van der Waals surface area (Å²) in [6.07, 6.45) is 6.20. The number of amides is 1. The number of carbonyl (C=O) groups excluding carboxylic acids is 1. The highest BCUT2D eigenvalue weighted by atomic mass is 35.5. The highest BCUT2D eigenvalue weighted by Crippen LogP contribution is 2.35. The lowest BCUT2D eigenvalue weighted by Gasteiger charge is -2.28. The number of aliphatic hydroxyl groups is 1. The van der Waals surface area contributed by atoms with Gasteiger partial charge in [0.05, 0.1) is 10.6 Å². The van der Waals surface area contributed by atoms with E-state index in [1.807, 2.05) is 6.92 Å². The maximum Gasteiger partial charge on any atom is 0.278 e. The zero-order valence-corrected chi connectivity index (χ0v) is 26.2. The normalized spacial score (nSPS) is 16.6. The summed E-state index contributed by atoms with van der Waals surface area (Å²) in [6.45, 7) is 5.15. The molecule has 0 saturated carbocycles. The van der Waals surface area contributed by atoms with E-state index in [4.69, 9.17) is 5.73 Å². The van der Waals surface area contributed by atoms with Gasteiger partial charge >= 0.3 is 0 Å². The van der Waals surface area contributed by atoms with Gasteiger partial charge in [0, 0.05) is 34.6 Å². The number of nitrogen functional groups attached to an aromatic ring is 1. The third-order valence-electron chi connectivity index (χ3n) is 6.02. The van der Waals surface area contributed by atoms with Gasteiger partial charge in [-0.3, -0.25) is 14.4 Å². The molecule has 2 aliphatic rings. The van der Waals surface area contributed by atoms with Gasteiger partial charge in [0.2, 0.25) is 0 Å². The van der Waals surface area contributed by atoms with Crippen LogP contribution in [0.15, 0.2) is 41.1 Å². The predicted molar refractivity (Wildman–Crippen MR) is 165 cm³/mol.